The Hall–Kier alpha value is -1.51. The molecular formula is C20H31NO2. The second kappa shape index (κ2) is 7.85. The van der Waals surface area contributed by atoms with Crippen molar-refractivity contribution in [3.63, 3.8) is 0 Å². The van der Waals surface area contributed by atoms with Gasteiger partial charge >= 0.3 is 0 Å². The number of ether oxygens (including phenoxy) is 1. The molecule has 1 aromatic carbocycles. The van der Waals surface area contributed by atoms with Crippen molar-refractivity contribution in [1.82, 2.24) is 4.90 Å². The van der Waals surface area contributed by atoms with Crippen molar-refractivity contribution in [3.8, 4) is 5.75 Å². The van der Waals surface area contributed by atoms with Crippen molar-refractivity contribution in [3.05, 3.63) is 29.3 Å². The van der Waals surface area contributed by atoms with E-state index in [1.807, 2.05) is 0 Å². The van der Waals surface area contributed by atoms with E-state index in [2.05, 4.69) is 50.8 Å². The van der Waals surface area contributed by atoms with Gasteiger partial charge in [0, 0.05) is 18.5 Å². The molecule has 1 saturated heterocycles. The summed E-state index contributed by atoms with van der Waals surface area (Å²) in [5.74, 6) is 1.27. The highest BCUT2D eigenvalue weighted by atomic mass is 16.5. The van der Waals surface area contributed by atoms with E-state index in [4.69, 9.17) is 4.74 Å². The molecule has 3 nitrogen and oxygen atoms in total. The van der Waals surface area contributed by atoms with Crippen molar-refractivity contribution >= 4 is 5.91 Å². The smallest absolute Gasteiger partial charge is 0.228 e. The zero-order valence-electron chi connectivity index (χ0n) is 15.2. The minimum atomic E-state index is -0.289. The van der Waals surface area contributed by atoms with Gasteiger partial charge in [-0.05, 0) is 63.1 Å². The van der Waals surface area contributed by atoms with Gasteiger partial charge in [-0.1, -0.05) is 26.0 Å². The van der Waals surface area contributed by atoms with Crippen LogP contribution in [0.3, 0.4) is 0 Å². The van der Waals surface area contributed by atoms with Gasteiger partial charge in [0.1, 0.15) is 5.75 Å². The SMILES string of the molecule is Cc1ccc(C)c(OCCCC(C)(C)C(=O)N2CCCCC2)c1. The first-order valence-electron chi connectivity index (χ1n) is 8.89. The zero-order chi connectivity index (χ0) is 16.9. The number of likely N-dealkylation sites (tertiary alicyclic amines) is 1. The van der Waals surface area contributed by atoms with Gasteiger partial charge in [0.15, 0.2) is 0 Å². The zero-order valence-corrected chi connectivity index (χ0v) is 15.2. The van der Waals surface area contributed by atoms with E-state index in [0.29, 0.717) is 12.5 Å². The first-order chi connectivity index (χ1) is 10.9. The molecule has 0 aromatic heterocycles. The average molecular weight is 317 g/mol. The molecule has 0 spiro atoms. The van der Waals surface area contributed by atoms with Crippen molar-refractivity contribution in [1.29, 1.82) is 0 Å². The number of amides is 1. The maximum Gasteiger partial charge on any atom is 0.228 e. The summed E-state index contributed by atoms with van der Waals surface area (Å²) in [7, 11) is 0. The molecule has 0 N–H and O–H groups in total. The van der Waals surface area contributed by atoms with E-state index in [0.717, 1.165) is 44.5 Å². The van der Waals surface area contributed by atoms with Gasteiger partial charge in [-0.25, -0.2) is 0 Å². The second-order valence-corrected chi connectivity index (χ2v) is 7.46. The summed E-state index contributed by atoms with van der Waals surface area (Å²) in [5, 5.41) is 0. The van der Waals surface area contributed by atoms with Gasteiger partial charge in [-0.3, -0.25) is 4.79 Å². The second-order valence-electron chi connectivity index (χ2n) is 7.46. The van der Waals surface area contributed by atoms with Crippen LogP contribution in [0.5, 0.6) is 5.75 Å². The van der Waals surface area contributed by atoms with Crippen LogP contribution in [0.15, 0.2) is 18.2 Å². The lowest BCUT2D eigenvalue weighted by molar-refractivity contribution is -0.141. The van der Waals surface area contributed by atoms with Gasteiger partial charge in [-0.15, -0.1) is 0 Å². The fraction of sp³-hybridized carbons (Fsp3) is 0.650. The van der Waals surface area contributed by atoms with Crippen LogP contribution in [0, 0.1) is 19.3 Å². The van der Waals surface area contributed by atoms with E-state index in [1.165, 1.54) is 17.5 Å². The predicted octanol–water partition coefficient (Wildman–Crippen LogP) is 4.50. The average Bonchev–Trinajstić information content (AvgIpc) is 2.54. The number of hydrogen-bond donors (Lipinski definition) is 0. The van der Waals surface area contributed by atoms with Crippen LogP contribution >= 0.6 is 0 Å². The Morgan fingerprint density at radius 3 is 2.57 bits per heavy atom. The van der Waals surface area contributed by atoms with Crippen LogP contribution in [0.4, 0.5) is 0 Å². The lowest BCUT2D eigenvalue weighted by Gasteiger charge is -2.34. The Bertz CT molecular complexity index is 530. The molecule has 1 heterocycles. The highest BCUT2D eigenvalue weighted by molar-refractivity contribution is 5.82. The van der Waals surface area contributed by atoms with Crippen molar-refractivity contribution in [2.75, 3.05) is 19.7 Å². The predicted molar refractivity (Wildman–Crippen MR) is 94.9 cm³/mol. The van der Waals surface area contributed by atoms with Crippen molar-refractivity contribution in [2.45, 2.75) is 59.8 Å². The quantitative estimate of drug-likeness (QED) is 0.723. The molecule has 0 saturated carbocycles. The fourth-order valence-corrected chi connectivity index (χ4v) is 3.19. The highest BCUT2D eigenvalue weighted by Crippen LogP contribution is 2.27. The maximum atomic E-state index is 12.7. The summed E-state index contributed by atoms with van der Waals surface area (Å²) in [4.78, 5) is 14.7. The number of carbonyl (C=O) groups excluding carboxylic acids is 1. The Morgan fingerprint density at radius 1 is 1.17 bits per heavy atom. The Balaban J connectivity index is 1.80. The first kappa shape index (κ1) is 17.8. The van der Waals surface area contributed by atoms with Crippen LogP contribution in [-0.2, 0) is 4.79 Å². The Kier molecular flexibility index (Phi) is 6.09. The third-order valence-corrected chi connectivity index (χ3v) is 4.77. The number of rotatable bonds is 6. The third-order valence-electron chi connectivity index (χ3n) is 4.77. The molecule has 0 atom stereocenters. The molecule has 0 unspecified atom stereocenters. The molecule has 0 bridgehead atoms. The molecule has 1 aliphatic heterocycles. The molecule has 0 aliphatic carbocycles. The molecule has 128 valence electrons. The normalized spacial score (nSPS) is 15.6. The standard InChI is InChI=1S/C20H31NO2/c1-16-9-10-17(2)18(15-16)23-14-8-11-20(3,4)19(22)21-12-6-5-7-13-21/h9-10,15H,5-8,11-14H2,1-4H3. The summed E-state index contributed by atoms with van der Waals surface area (Å²) >= 11 is 0. The summed E-state index contributed by atoms with van der Waals surface area (Å²) in [5.41, 5.74) is 2.09. The van der Waals surface area contributed by atoms with Gasteiger partial charge in [0.2, 0.25) is 5.91 Å². The maximum absolute atomic E-state index is 12.7. The molecular weight excluding hydrogens is 286 g/mol. The monoisotopic (exact) mass is 317 g/mol. The molecule has 23 heavy (non-hydrogen) atoms. The molecule has 2 rings (SSSR count). The molecule has 1 amide bonds. The fourth-order valence-electron chi connectivity index (χ4n) is 3.19. The number of carbonyl (C=O) groups is 1. The van der Waals surface area contributed by atoms with Gasteiger partial charge < -0.3 is 9.64 Å². The largest absolute Gasteiger partial charge is 0.493 e. The highest BCUT2D eigenvalue weighted by Gasteiger charge is 2.32. The van der Waals surface area contributed by atoms with Crippen molar-refractivity contribution in [2.24, 2.45) is 5.41 Å². The summed E-state index contributed by atoms with van der Waals surface area (Å²) in [6.07, 6.45) is 5.33. The molecule has 0 radical (unpaired) electrons. The van der Waals surface area contributed by atoms with Crippen LogP contribution in [0.2, 0.25) is 0 Å². The number of benzene rings is 1. The lowest BCUT2D eigenvalue weighted by atomic mass is 9.85. The third kappa shape index (κ3) is 4.98. The molecule has 1 fully saturated rings. The molecule has 3 heteroatoms. The molecule has 1 aromatic rings. The summed E-state index contributed by atoms with van der Waals surface area (Å²) in [6.45, 7) is 10.8. The van der Waals surface area contributed by atoms with Crippen LogP contribution in [0.25, 0.3) is 0 Å². The van der Waals surface area contributed by atoms with E-state index < -0.39 is 0 Å². The van der Waals surface area contributed by atoms with Gasteiger partial charge in [0.25, 0.3) is 0 Å². The topological polar surface area (TPSA) is 29.5 Å². The minimum Gasteiger partial charge on any atom is -0.493 e. The molecule has 1 aliphatic rings. The summed E-state index contributed by atoms with van der Waals surface area (Å²) in [6, 6.07) is 6.27. The number of hydrogen-bond acceptors (Lipinski definition) is 2. The van der Waals surface area contributed by atoms with Gasteiger partial charge in [0.05, 0.1) is 6.61 Å². The van der Waals surface area contributed by atoms with E-state index in [9.17, 15) is 4.79 Å². The lowest BCUT2D eigenvalue weighted by Crippen LogP contribution is -2.43. The Labute approximate surface area is 141 Å². The Morgan fingerprint density at radius 2 is 1.87 bits per heavy atom. The minimum absolute atomic E-state index is 0.289. The summed E-state index contributed by atoms with van der Waals surface area (Å²) < 4.78 is 5.91. The number of piperidine rings is 1. The number of nitrogens with zero attached hydrogens (tertiary/aromatic N) is 1. The first-order valence-corrected chi connectivity index (χ1v) is 8.89. The van der Waals surface area contributed by atoms with E-state index in [-0.39, 0.29) is 5.41 Å². The van der Waals surface area contributed by atoms with Crippen LogP contribution in [0.1, 0.15) is 57.1 Å². The van der Waals surface area contributed by atoms with E-state index in [1.54, 1.807) is 0 Å². The van der Waals surface area contributed by atoms with E-state index >= 15 is 0 Å². The van der Waals surface area contributed by atoms with Crippen molar-refractivity contribution < 1.29 is 9.53 Å². The van der Waals surface area contributed by atoms with Crippen LogP contribution < -0.4 is 4.74 Å². The van der Waals surface area contributed by atoms with Crippen LogP contribution in [-0.4, -0.2) is 30.5 Å². The number of aryl methyl sites for hydroxylation is 2. The van der Waals surface area contributed by atoms with Gasteiger partial charge in [-0.2, -0.15) is 0 Å².